The van der Waals surface area contributed by atoms with Gasteiger partial charge in [-0.1, -0.05) is 12.1 Å². The van der Waals surface area contributed by atoms with Gasteiger partial charge in [-0.15, -0.1) is 0 Å². The Labute approximate surface area is 141 Å². The third-order valence-corrected chi connectivity index (χ3v) is 5.58. The van der Waals surface area contributed by atoms with E-state index in [0.29, 0.717) is 24.5 Å². The van der Waals surface area contributed by atoms with Gasteiger partial charge in [0.2, 0.25) is 11.8 Å². The second-order valence-corrected chi connectivity index (χ2v) is 7.91. The summed E-state index contributed by atoms with van der Waals surface area (Å²) in [4.78, 5) is 25.4. The molecule has 1 heterocycles. The van der Waals surface area contributed by atoms with Crippen LogP contribution in [-0.2, 0) is 19.4 Å². The van der Waals surface area contributed by atoms with Crippen LogP contribution in [0.4, 0.5) is 5.69 Å². The van der Waals surface area contributed by atoms with Crippen molar-refractivity contribution in [1.29, 1.82) is 0 Å². The molecule has 0 saturated carbocycles. The van der Waals surface area contributed by atoms with E-state index < -0.39 is 15.9 Å². The minimum absolute atomic E-state index is 0.0518. The van der Waals surface area contributed by atoms with E-state index in [1.807, 2.05) is 6.92 Å². The molecular formula is C16H22N2O5S. The van der Waals surface area contributed by atoms with Crippen LogP contribution < -0.4 is 10.1 Å². The van der Waals surface area contributed by atoms with Crippen LogP contribution >= 0.6 is 0 Å². The number of anilines is 1. The van der Waals surface area contributed by atoms with Crippen molar-refractivity contribution in [2.45, 2.75) is 26.3 Å². The molecule has 0 spiro atoms. The van der Waals surface area contributed by atoms with Crippen molar-refractivity contribution in [2.24, 2.45) is 0 Å². The topological polar surface area (TPSA) is 92.8 Å². The first-order chi connectivity index (χ1) is 11.3. The molecule has 8 heteroatoms. The number of carbonyl (C=O) groups is 2. The first-order valence-electron chi connectivity index (χ1n) is 7.81. The Morgan fingerprint density at radius 1 is 1.33 bits per heavy atom. The van der Waals surface area contributed by atoms with Gasteiger partial charge in [0.1, 0.15) is 12.3 Å². The summed E-state index contributed by atoms with van der Waals surface area (Å²) in [6.07, 6.45) is 0.366. The molecule has 1 saturated heterocycles. The van der Waals surface area contributed by atoms with Gasteiger partial charge >= 0.3 is 0 Å². The number of nitrogens with one attached hydrogen (secondary N) is 1. The van der Waals surface area contributed by atoms with Crippen molar-refractivity contribution in [3.63, 3.8) is 0 Å². The largest absolute Gasteiger partial charge is 0.492 e. The maximum Gasteiger partial charge on any atom is 0.244 e. The van der Waals surface area contributed by atoms with Gasteiger partial charge in [0.15, 0.2) is 9.84 Å². The standard InChI is InChI=1S/C16H22N2O5S/c1-3-23-15-7-5-4-6-14(15)17-16(20)10-18(12(2)19)13-8-9-24(21,22)11-13/h4-7,13H,3,8-11H2,1-2H3,(H,17,20). The van der Waals surface area contributed by atoms with E-state index >= 15 is 0 Å². The van der Waals surface area contributed by atoms with Crippen LogP contribution in [0.1, 0.15) is 20.3 Å². The van der Waals surface area contributed by atoms with Crippen LogP contribution in [0.5, 0.6) is 5.75 Å². The predicted octanol–water partition coefficient (Wildman–Crippen LogP) is 1.06. The van der Waals surface area contributed by atoms with Crippen LogP contribution in [0.2, 0.25) is 0 Å². The van der Waals surface area contributed by atoms with Crippen molar-refractivity contribution < 1.29 is 22.7 Å². The number of amides is 2. The summed E-state index contributed by atoms with van der Waals surface area (Å²) in [6, 6.07) is 6.57. The summed E-state index contributed by atoms with van der Waals surface area (Å²) < 4.78 is 28.7. The minimum Gasteiger partial charge on any atom is -0.492 e. The molecule has 1 aliphatic rings. The molecule has 1 aromatic rings. The third kappa shape index (κ3) is 4.70. The number of hydrogen-bond donors (Lipinski definition) is 1. The van der Waals surface area contributed by atoms with Crippen LogP contribution in [0.3, 0.4) is 0 Å². The lowest BCUT2D eigenvalue weighted by molar-refractivity contribution is -0.134. The molecule has 1 aromatic carbocycles. The van der Waals surface area contributed by atoms with Gasteiger partial charge in [0.05, 0.1) is 23.8 Å². The number of ether oxygens (including phenoxy) is 1. The van der Waals surface area contributed by atoms with Gasteiger partial charge in [-0.2, -0.15) is 0 Å². The first-order valence-corrected chi connectivity index (χ1v) is 9.64. The molecule has 7 nitrogen and oxygen atoms in total. The maximum atomic E-state index is 12.3. The molecule has 2 rings (SSSR count). The van der Waals surface area contributed by atoms with E-state index in [4.69, 9.17) is 4.74 Å². The Kier molecular flexibility index (Phi) is 5.82. The van der Waals surface area contributed by atoms with Gasteiger partial charge < -0.3 is 15.0 Å². The molecule has 1 atom stereocenters. The molecule has 0 aliphatic carbocycles. The number of rotatable bonds is 6. The van der Waals surface area contributed by atoms with Gasteiger partial charge in [0, 0.05) is 13.0 Å². The van der Waals surface area contributed by atoms with Crippen LogP contribution in [-0.4, -0.2) is 55.8 Å². The highest BCUT2D eigenvalue weighted by molar-refractivity contribution is 7.91. The monoisotopic (exact) mass is 354 g/mol. The fourth-order valence-electron chi connectivity index (χ4n) is 2.71. The smallest absolute Gasteiger partial charge is 0.244 e. The molecule has 1 fully saturated rings. The lowest BCUT2D eigenvalue weighted by atomic mass is 10.2. The van der Waals surface area contributed by atoms with E-state index in [9.17, 15) is 18.0 Å². The molecular weight excluding hydrogens is 332 g/mol. The first kappa shape index (κ1) is 18.3. The molecule has 0 bridgehead atoms. The van der Waals surface area contributed by atoms with Crippen molar-refractivity contribution in [3.05, 3.63) is 24.3 Å². The summed E-state index contributed by atoms with van der Waals surface area (Å²) in [5, 5.41) is 2.72. The molecule has 1 unspecified atom stereocenters. The lowest BCUT2D eigenvalue weighted by Gasteiger charge is -2.26. The molecule has 1 aliphatic heterocycles. The molecule has 2 amide bonds. The average molecular weight is 354 g/mol. The summed E-state index contributed by atoms with van der Waals surface area (Å²) in [7, 11) is -3.13. The highest BCUT2D eigenvalue weighted by Gasteiger charge is 2.34. The zero-order valence-corrected chi connectivity index (χ0v) is 14.6. The fourth-order valence-corrected chi connectivity index (χ4v) is 4.45. The zero-order valence-electron chi connectivity index (χ0n) is 13.8. The van der Waals surface area contributed by atoms with Crippen molar-refractivity contribution in [1.82, 2.24) is 4.90 Å². The quantitative estimate of drug-likeness (QED) is 0.824. The van der Waals surface area contributed by atoms with Crippen molar-refractivity contribution in [3.8, 4) is 5.75 Å². The number of para-hydroxylation sites is 2. The van der Waals surface area contributed by atoms with Gasteiger partial charge in [0.25, 0.3) is 0 Å². The molecule has 0 radical (unpaired) electrons. The molecule has 132 valence electrons. The number of nitrogens with zero attached hydrogens (tertiary/aromatic N) is 1. The Morgan fingerprint density at radius 3 is 2.62 bits per heavy atom. The average Bonchev–Trinajstić information content (AvgIpc) is 2.86. The van der Waals surface area contributed by atoms with E-state index in [-0.39, 0.29) is 29.9 Å². The maximum absolute atomic E-state index is 12.3. The Hall–Kier alpha value is -2.09. The number of carbonyl (C=O) groups excluding carboxylic acids is 2. The number of sulfone groups is 1. The minimum atomic E-state index is -3.13. The summed E-state index contributed by atoms with van der Waals surface area (Å²) >= 11 is 0. The van der Waals surface area contributed by atoms with Gasteiger partial charge in [-0.05, 0) is 25.5 Å². The Balaban J connectivity index is 2.05. The van der Waals surface area contributed by atoms with E-state index in [1.54, 1.807) is 24.3 Å². The Morgan fingerprint density at radius 2 is 2.04 bits per heavy atom. The third-order valence-electron chi connectivity index (χ3n) is 3.83. The van der Waals surface area contributed by atoms with Gasteiger partial charge in [-0.3, -0.25) is 9.59 Å². The van der Waals surface area contributed by atoms with Crippen LogP contribution in [0, 0.1) is 0 Å². The summed E-state index contributed by atoms with van der Waals surface area (Å²) in [5.41, 5.74) is 0.520. The van der Waals surface area contributed by atoms with Crippen molar-refractivity contribution in [2.75, 3.05) is 30.0 Å². The van der Waals surface area contributed by atoms with Gasteiger partial charge in [-0.25, -0.2) is 8.42 Å². The van der Waals surface area contributed by atoms with E-state index in [0.717, 1.165) is 0 Å². The SMILES string of the molecule is CCOc1ccccc1NC(=O)CN(C(C)=O)C1CCS(=O)(=O)C1. The lowest BCUT2D eigenvalue weighted by Crippen LogP contribution is -2.44. The number of benzene rings is 1. The van der Waals surface area contributed by atoms with Crippen LogP contribution in [0.15, 0.2) is 24.3 Å². The zero-order chi connectivity index (χ0) is 17.7. The normalized spacial score (nSPS) is 18.8. The van der Waals surface area contributed by atoms with Crippen molar-refractivity contribution >= 4 is 27.3 Å². The second-order valence-electron chi connectivity index (χ2n) is 5.68. The van der Waals surface area contributed by atoms with E-state index in [2.05, 4.69) is 5.32 Å². The van der Waals surface area contributed by atoms with E-state index in [1.165, 1.54) is 11.8 Å². The highest BCUT2D eigenvalue weighted by atomic mass is 32.2. The molecule has 0 aromatic heterocycles. The summed E-state index contributed by atoms with van der Waals surface area (Å²) in [6.45, 7) is 3.46. The molecule has 1 N–H and O–H groups in total. The fraction of sp³-hybridized carbons (Fsp3) is 0.500. The molecule has 24 heavy (non-hydrogen) atoms. The highest BCUT2D eigenvalue weighted by Crippen LogP contribution is 2.24. The summed E-state index contributed by atoms with van der Waals surface area (Å²) in [5.74, 6) is -0.191. The predicted molar refractivity (Wildman–Crippen MR) is 90.7 cm³/mol. The number of hydrogen-bond acceptors (Lipinski definition) is 5. The van der Waals surface area contributed by atoms with Crippen LogP contribution in [0.25, 0.3) is 0 Å². The Bertz CT molecular complexity index is 717. The second kappa shape index (κ2) is 7.65.